The fraction of sp³-hybridized carbons (Fsp3) is 0. The fourth-order valence-corrected chi connectivity index (χ4v) is 1.79. The van der Waals surface area contributed by atoms with Crippen LogP contribution in [0, 0.1) is 0 Å². The van der Waals surface area contributed by atoms with Crippen molar-refractivity contribution in [2.45, 2.75) is 0 Å². The maximum atomic E-state index is 9.47. The number of aromatic hydroxyl groups is 1. The lowest BCUT2D eigenvalue weighted by atomic mass is 10.1. The highest BCUT2D eigenvalue weighted by Crippen LogP contribution is 2.26. The summed E-state index contributed by atoms with van der Waals surface area (Å²) in [7, 11) is 0. The Labute approximate surface area is 97.1 Å². The van der Waals surface area contributed by atoms with Gasteiger partial charge in [0.2, 0.25) is 0 Å². The molecule has 84 valence electrons. The van der Waals surface area contributed by atoms with E-state index in [0.717, 1.165) is 11.1 Å². The number of nitrogen functional groups attached to an aromatic ring is 1. The lowest BCUT2D eigenvalue weighted by Crippen LogP contribution is -1.98. The molecule has 0 spiro atoms. The highest BCUT2D eigenvalue weighted by Gasteiger charge is 2.09. The smallest absolute Gasteiger partial charge is 0.165 e. The number of hydrogen-bond acceptors (Lipinski definition) is 4. The van der Waals surface area contributed by atoms with Gasteiger partial charge in [-0.05, 0) is 23.8 Å². The number of nitrogens with zero attached hydrogens (tertiary/aromatic N) is 3. The molecule has 1 aromatic carbocycles. The Morgan fingerprint density at radius 1 is 1.24 bits per heavy atom. The predicted molar refractivity (Wildman–Crippen MR) is 64.5 cm³/mol. The molecule has 2 heterocycles. The summed E-state index contributed by atoms with van der Waals surface area (Å²) in [6.45, 7) is 0. The van der Waals surface area contributed by atoms with Gasteiger partial charge in [-0.3, -0.25) is 0 Å². The van der Waals surface area contributed by atoms with E-state index >= 15 is 0 Å². The van der Waals surface area contributed by atoms with Crippen LogP contribution in [0.2, 0.25) is 0 Å². The van der Waals surface area contributed by atoms with Crippen LogP contribution in [0.4, 0.5) is 5.82 Å². The number of aromatic nitrogens is 3. The molecule has 0 atom stereocenters. The first-order valence-electron chi connectivity index (χ1n) is 5.13. The minimum absolute atomic E-state index is 0.214. The SMILES string of the molecule is Nc1ccnc2c(-c3cccc(O)c3)cnn12. The minimum Gasteiger partial charge on any atom is -0.508 e. The average Bonchev–Trinajstić information content (AvgIpc) is 2.74. The standard InChI is InChI=1S/C12H10N4O/c13-11-4-5-14-12-10(7-15-16(11)12)8-2-1-3-9(17)6-8/h1-7,17H,13H2. The van der Waals surface area contributed by atoms with Gasteiger partial charge in [0, 0.05) is 11.8 Å². The normalized spacial score (nSPS) is 10.8. The van der Waals surface area contributed by atoms with E-state index < -0.39 is 0 Å². The van der Waals surface area contributed by atoms with Crippen LogP contribution in [0.15, 0.2) is 42.7 Å². The van der Waals surface area contributed by atoms with Gasteiger partial charge in [0.15, 0.2) is 5.65 Å². The molecule has 2 aromatic heterocycles. The number of fused-ring (bicyclic) bond motifs is 1. The molecule has 0 amide bonds. The van der Waals surface area contributed by atoms with E-state index in [1.54, 1.807) is 41.2 Å². The van der Waals surface area contributed by atoms with E-state index in [1.807, 2.05) is 6.07 Å². The summed E-state index contributed by atoms with van der Waals surface area (Å²) in [6.07, 6.45) is 3.33. The second-order valence-corrected chi connectivity index (χ2v) is 3.71. The van der Waals surface area contributed by atoms with Crippen LogP contribution in [-0.4, -0.2) is 19.7 Å². The third-order valence-electron chi connectivity index (χ3n) is 2.59. The Kier molecular flexibility index (Phi) is 1.98. The monoisotopic (exact) mass is 226 g/mol. The number of nitrogens with two attached hydrogens (primary N) is 1. The van der Waals surface area contributed by atoms with Crippen molar-refractivity contribution in [3.05, 3.63) is 42.7 Å². The summed E-state index contributed by atoms with van der Waals surface area (Å²) in [5.74, 6) is 0.743. The van der Waals surface area contributed by atoms with E-state index in [4.69, 9.17) is 5.73 Å². The van der Waals surface area contributed by atoms with Crippen molar-refractivity contribution in [1.82, 2.24) is 14.6 Å². The zero-order chi connectivity index (χ0) is 11.8. The van der Waals surface area contributed by atoms with Crippen molar-refractivity contribution in [3.8, 4) is 16.9 Å². The minimum atomic E-state index is 0.214. The average molecular weight is 226 g/mol. The number of phenolic OH excluding ortho intramolecular Hbond substituents is 1. The van der Waals surface area contributed by atoms with E-state index in [-0.39, 0.29) is 5.75 Å². The van der Waals surface area contributed by atoms with Crippen molar-refractivity contribution in [2.24, 2.45) is 0 Å². The molecule has 0 unspecified atom stereocenters. The number of hydrogen-bond donors (Lipinski definition) is 2. The molecule has 3 N–H and O–H groups in total. The molecule has 5 heteroatoms. The van der Waals surface area contributed by atoms with Crippen LogP contribution in [-0.2, 0) is 0 Å². The van der Waals surface area contributed by atoms with Crippen LogP contribution in [0.3, 0.4) is 0 Å². The molecule has 0 saturated carbocycles. The van der Waals surface area contributed by atoms with Gasteiger partial charge in [-0.1, -0.05) is 12.1 Å². The number of benzene rings is 1. The van der Waals surface area contributed by atoms with Crippen LogP contribution >= 0.6 is 0 Å². The van der Waals surface area contributed by atoms with Gasteiger partial charge in [-0.25, -0.2) is 4.98 Å². The van der Waals surface area contributed by atoms with Crippen molar-refractivity contribution < 1.29 is 5.11 Å². The molecule has 3 aromatic rings. The molecule has 0 aliphatic rings. The number of rotatable bonds is 1. The van der Waals surface area contributed by atoms with Gasteiger partial charge >= 0.3 is 0 Å². The molecule has 0 aliphatic heterocycles. The number of anilines is 1. The third-order valence-corrected chi connectivity index (χ3v) is 2.59. The summed E-state index contributed by atoms with van der Waals surface area (Å²) in [5, 5.41) is 13.6. The molecule has 0 aliphatic carbocycles. The fourth-order valence-electron chi connectivity index (χ4n) is 1.79. The first-order valence-corrected chi connectivity index (χ1v) is 5.13. The molecular weight excluding hydrogens is 216 g/mol. The van der Waals surface area contributed by atoms with Gasteiger partial charge < -0.3 is 10.8 Å². The van der Waals surface area contributed by atoms with Gasteiger partial charge in [-0.2, -0.15) is 9.61 Å². The van der Waals surface area contributed by atoms with Crippen LogP contribution in [0.1, 0.15) is 0 Å². The Bertz CT molecular complexity index is 690. The summed E-state index contributed by atoms with van der Waals surface area (Å²) in [5.41, 5.74) is 8.17. The Hall–Kier alpha value is -2.56. The van der Waals surface area contributed by atoms with Gasteiger partial charge in [0.25, 0.3) is 0 Å². The Morgan fingerprint density at radius 2 is 2.12 bits per heavy atom. The maximum Gasteiger partial charge on any atom is 0.165 e. The van der Waals surface area contributed by atoms with Crippen molar-refractivity contribution in [2.75, 3.05) is 5.73 Å². The van der Waals surface area contributed by atoms with Crippen LogP contribution in [0.25, 0.3) is 16.8 Å². The summed E-state index contributed by atoms with van der Waals surface area (Å²) in [6, 6.07) is 8.65. The molecule has 0 saturated heterocycles. The van der Waals surface area contributed by atoms with Crippen LogP contribution < -0.4 is 5.73 Å². The van der Waals surface area contributed by atoms with Gasteiger partial charge in [0.05, 0.1) is 6.20 Å². The van der Waals surface area contributed by atoms with E-state index in [0.29, 0.717) is 11.5 Å². The van der Waals surface area contributed by atoms with Gasteiger partial charge in [0.1, 0.15) is 11.6 Å². The molecule has 0 fully saturated rings. The highest BCUT2D eigenvalue weighted by atomic mass is 16.3. The summed E-state index contributed by atoms with van der Waals surface area (Å²) >= 11 is 0. The van der Waals surface area contributed by atoms with Crippen molar-refractivity contribution in [3.63, 3.8) is 0 Å². The summed E-state index contributed by atoms with van der Waals surface area (Å²) in [4.78, 5) is 4.25. The Morgan fingerprint density at radius 3 is 2.94 bits per heavy atom. The highest BCUT2D eigenvalue weighted by molar-refractivity contribution is 5.78. The molecule has 0 bridgehead atoms. The molecular formula is C12H10N4O. The largest absolute Gasteiger partial charge is 0.508 e. The molecule has 3 rings (SSSR count). The van der Waals surface area contributed by atoms with E-state index in [2.05, 4.69) is 10.1 Å². The van der Waals surface area contributed by atoms with Crippen molar-refractivity contribution >= 4 is 11.5 Å². The topological polar surface area (TPSA) is 76.4 Å². The Balaban J connectivity index is 2.28. The molecule has 0 radical (unpaired) electrons. The zero-order valence-electron chi connectivity index (χ0n) is 8.91. The predicted octanol–water partition coefficient (Wildman–Crippen LogP) is 1.68. The van der Waals surface area contributed by atoms with Crippen LogP contribution in [0.5, 0.6) is 5.75 Å². The lowest BCUT2D eigenvalue weighted by Gasteiger charge is -2.00. The second-order valence-electron chi connectivity index (χ2n) is 3.71. The molecule has 5 nitrogen and oxygen atoms in total. The maximum absolute atomic E-state index is 9.47. The lowest BCUT2D eigenvalue weighted by molar-refractivity contribution is 0.475. The summed E-state index contributed by atoms with van der Waals surface area (Å²) < 4.78 is 1.57. The van der Waals surface area contributed by atoms with E-state index in [9.17, 15) is 5.11 Å². The molecule has 17 heavy (non-hydrogen) atoms. The first kappa shape index (κ1) is 9.65. The first-order chi connectivity index (χ1) is 8.25. The third kappa shape index (κ3) is 1.48. The second kappa shape index (κ2) is 3.48. The van der Waals surface area contributed by atoms with Gasteiger partial charge in [-0.15, -0.1) is 0 Å². The van der Waals surface area contributed by atoms with E-state index in [1.165, 1.54) is 0 Å². The van der Waals surface area contributed by atoms with Crippen molar-refractivity contribution in [1.29, 1.82) is 0 Å². The quantitative estimate of drug-likeness (QED) is 0.662. The zero-order valence-corrected chi connectivity index (χ0v) is 8.91. The number of phenols is 1.